The van der Waals surface area contributed by atoms with Gasteiger partial charge in [-0.2, -0.15) is 0 Å². The molecule has 1 aromatic carbocycles. The number of rotatable bonds is 5. The third-order valence-electron chi connectivity index (χ3n) is 2.55. The number of halogens is 1. The third-order valence-corrected chi connectivity index (χ3v) is 3.52. The molecule has 0 bridgehead atoms. The predicted molar refractivity (Wildman–Crippen MR) is 80.8 cm³/mol. The molecule has 1 amide bonds. The SMILES string of the molecule is CC(CS(C)=O)NC(=O)c1cc(F)ccc1C#CCCO. The molecule has 0 saturated heterocycles. The molecule has 0 radical (unpaired) electrons. The Morgan fingerprint density at radius 1 is 1.52 bits per heavy atom. The van der Waals surface area contributed by atoms with Crippen LogP contribution in [0.4, 0.5) is 4.39 Å². The number of carbonyl (C=O) groups excluding carboxylic acids is 1. The summed E-state index contributed by atoms with van der Waals surface area (Å²) in [6, 6.07) is 3.49. The number of hydrogen-bond acceptors (Lipinski definition) is 3. The van der Waals surface area contributed by atoms with E-state index in [-0.39, 0.29) is 24.6 Å². The first-order chi connectivity index (χ1) is 9.93. The van der Waals surface area contributed by atoms with Gasteiger partial charge in [-0.05, 0) is 25.1 Å². The summed E-state index contributed by atoms with van der Waals surface area (Å²) in [5, 5.41) is 11.4. The molecule has 0 fully saturated rings. The molecule has 6 heteroatoms. The first-order valence-electron chi connectivity index (χ1n) is 6.44. The van der Waals surface area contributed by atoms with E-state index in [1.807, 2.05) is 0 Å². The van der Waals surface area contributed by atoms with Crippen molar-refractivity contribution in [3.05, 3.63) is 35.1 Å². The van der Waals surface area contributed by atoms with Crippen LogP contribution in [0.5, 0.6) is 0 Å². The van der Waals surface area contributed by atoms with Crippen molar-refractivity contribution in [3.8, 4) is 11.8 Å². The molecule has 0 aromatic heterocycles. The summed E-state index contributed by atoms with van der Waals surface area (Å²) >= 11 is 0. The Kier molecular flexibility index (Phi) is 7.06. The van der Waals surface area contributed by atoms with E-state index in [4.69, 9.17) is 5.11 Å². The van der Waals surface area contributed by atoms with Crippen LogP contribution in [-0.4, -0.2) is 39.9 Å². The van der Waals surface area contributed by atoms with Crippen molar-refractivity contribution in [2.24, 2.45) is 0 Å². The molecule has 1 aromatic rings. The molecule has 0 aliphatic rings. The average molecular weight is 311 g/mol. The molecule has 0 heterocycles. The highest BCUT2D eigenvalue weighted by molar-refractivity contribution is 7.84. The molecule has 0 saturated carbocycles. The van der Waals surface area contributed by atoms with Gasteiger partial charge in [-0.25, -0.2) is 4.39 Å². The van der Waals surface area contributed by atoms with Crippen LogP contribution >= 0.6 is 0 Å². The topological polar surface area (TPSA) is 66.4 Å². The van der Waals surface area contributed by atoms with E-state index in [2.05, 4.69) is 17.2 Å². The normalized spacial score (nSPS) is 13.0. The Hall–Kier alpha value is -1.71. The smallest absolute Gasteiger partial charge is 0.252 e. The van der Waals surface area contributed by atoms with Crippen LogP contribution < -0.4 is 5.32 Å². The molecule has 2 atom stereocenters. The van der Waals surface area contributed by atoms with Gasteiger partial charge in [0, 0.05) is 40.8 Å². The lowest BCUT2D eigenvalue weighted by Gasteiger charge is -2.13. The molecule has 114 valence electrons. The molecule has 2 unspecified atom stereocenters. The largest absolute Gasteiger partial charge is 0.395 e. The minimum Gasteiger partial charge on any atom is -0.395 e. The predicted octanol–water partition coefficient (Wildman–Crippen LogP) is 1.06. The van der Waals surface area contributed by atoms with Crippen LogP contribution in [0.15, 0.2) is 18.2 Å². The first-order valence-corrected chi connectivity index (χ1v) is 8.17. The van der Waals surface area contributed by atoms with E-state index < -0.39 is 22.5 Å². The fourth-order valence-corrected chi connectivity index (χ4v) is 2.51. The van der Waals surface area contributed by atoms with Gasteiger partial charge in [0.15, 0.2) is 0 Å². The monoisotopic (exact) mass is 311 g/mol. The zero-order valence-corrected chi connectivity index (χ0v) is 12.8. The van der Waals surface area contributed by atoms with E-state index in [0.29, 0.717) is 11.3 Å². The number of hydrogen-bond donors (Lipinski definition) is 2. The summed E-state index contributed by atoms with van der Waals surface area (Å²) in [4.78, 5) is 12.1. The second-order valence-corrected chi connectivity index (χ2v) is 6.06. The maximum Gasteiger partial charge on any atom is 0.252 e. The Labute approximate surface area is 126 Å². The van der Waals surface area contributed by atoms with E-state index in [0.717, 1.165) is 6.07 Å². The lowest BCUT2D eigenvalue weighted by atomic mass is 10.1. The highest BCUT2D eigenvalue weighted by Crippen LogP contribution is 2.11. The highest BCUT2D eigenvalue weighted by atomic mass is 32.2. The summed E-state index contributed by atoms with van der Waals surface area (Å²) in [6.45, 7) is 1.66. The van der Waals surface area contributed by atoms with Crippen molar-refractivity contribution < 1.29 is 18.5 Å². The number of aliphatic hydroxyl groups excluding tert-OH is 1. The van der Waals surface area contributed by atoms with Gasteiger partial charge in [0.2, 0.25) is 0 Å². The number of nitrogens with one attached hydrogen (secondary N) is 1. The van der Waals surface area contributed by atoms with Gasteiger partial charge in [-0.1, -0.05) is 11.8 Å². The summed E-state index contributed by atoms with van der Waals surface area (Å²) in [5.74, 6) is 4.78. The van der Waals surface area contributed by atoms with Crippen LogP contribution in [0.25, 0.3) is 0 Å². The molecule has 1 rings (SSSR count). The fraction of sp³-hybridized carbons (Fsp3) is 0.400. The van der Waals surface area contributed by atoms with Crippen LogP contribution in [0.3, 0.4) is 0 Å². The van der Waals surface area contributed by atoms with E-state index in [1.165, 1.54) is 12.1 Å². The van der Waals surface area contributed by atoms with Crippen molar-refractivity contribution in [2.45, 2.75) is 19.4 Å². The first kappa shape index (κ1) is 17.3. The molecule has 4 nitrogen and oxygen atoms in total. The van der Waals surface area contributed by atoms with Gasteiger partial charge in [-0.3, -0.25) is 9.00 Å². The van der Waals surface area contributed by atoms with Crippen LogP contribution in [-0.2, 0) is 10.8 Å². The summed E-state index contributed by atoms with van der Waals surface area (Å²) in [6.07, 6.45) is 1.83. The minimum atomic E-state index is -1.03. The van der Waals surface area contributed by atoms with Crippen LogP contribution in [0, 0.1) is 17.7 Å². The maximum atomic E-state index is 13.3. The molecule has 0 aliphatic carbocycles. The Bertz CT molecular complexity index is 592. The van der Waals surface area contributed by atoms with E-state index >= 15 is 0 Å². The number of benzene rings is 1. The summed E-state index contributed by atoms with van der Waals surface area (Å²) in [7, 11) is -1.03. The van der Waals surface area contributed by atoms with Crippen LogP contribution in [0.1, 0.15) is 29.3 Å². The van der Waals surface area contributed by atoms with E-state index in [9.17, 15) is 13.4 Å². The second kappa shape index (κ2) is 8.55. The van der Waals surface area contributed by atoms with Crippen molar-refractivity contribution in [1.29, 1.82) is 0 Å². The third kappa shape index (κ3) is 6.06. The van der Waals surface area contributed by atoms with Gasteiger partial charge >= 0.3 is 0 Å². The fourth-order valence-electron chi connectivity index (χ4n) is 1.72. The van der Waals surface area contributed by atoms with Gasteiger partial charge < -0.3 is 10.4 Å². The van der Waals surface area contributed by atoms with Gasteiger partial charge in [0.05, 0.1) is 12.2 Å². The number of carbonyl (C=O) groups is 1. The quantitative estimate of drug-likeness (QED) is 0.799. The van der Waals surface area contributed by atoms with Crippen molar-refractivity contribution in [2.75, 3.05) is 18.6 Å². The molecule has 21 heavy (non-hydrogen) atoms. The molecular weight excluding hydrogens is 293 g/mol. The highest BCUT2D eigenvalue weighted by Gasteiger charge is 2.14. The second-order valence-electron chi connectivity index (χ2n) is 4.58. The molecule has 0 spiro atoms. The van der Waals surface area contributed by atoms with Crippen molar-refractivity contribution in [1.82, 2.24) is 5.32 Å². The standard InChI is InChI=1S/C15H18FNO3S/c1-11(10-21(2)20)17-15(19)14-9-13(16)7-6-12(14)5-3-4-8-18/h6-7,9,11,18H,4,8,10H2,1-2H3,(H,17,19). The Balaban J connectivity index is 2.94. The van der Waals surface area contributed by atoms with Gasteiger partial charge in [0.1, 0.15) is 5.82 Å². The number of aliphatic hydroxyl groups is 1. The van der Waals surface area contributed by atoms with Crippen molar-refractivity contribution >= 4 is 16.7 Å². The van der Waals surface area contributed by atoms with Gasteiger partial charge in [-0.15, -0.1) is 0 Å². The van der Waals surface area contributed by atoms with Crippen LogP contribution in [0.2, 0.25) is 0 Å². The van der Waals surface area contributed by atoms with Crippen molar-refractivity contribution in [3.63, 3.8) is 0 Å². The Morgan fingerprint density at radius 2 is 2.24 bits per heavy atom. The summed E-state index contributed by atoms with van der Waals surface area (Å²) < 4.78 is 24.4. The lowest BCUT2D eigenvalue weighted by molar-refractivity contribution is 0.0943. The molecular formula is C15H18FNO3S. The zero-order valence-electron chi connectivity index (χ0n) is 12.0. The molecule has 0 aliphatic heterocycles. The lowest BCUT2D eigenvalue weighted by Crippen LogP contribution is -2.36. The molecule has 2 N–H and O–H groups in total. The zero-order chi connectivity index (χ0) is 15.8. The maximum absolute atomic E-state index is 13.3. The Morgan fingerprint density at radius 3 is 2.86 bits per heavy atom. The van der Waals surface area contributed by atoms with E-state index in [1.54, 1.807) is 13.2 Å². The van der Waals surface area contributed by atoms with Gasteiger partial charge in [0.25, 0.3) is 5.91 Å². The average Bonchev–Trinajstić information content (AvgIpc) is 2.39. The number of amides is 1. The summed E-state index contributed by atoms with van der Waals surface area (Å²) in [5.41, 5.74) is 0.529. The minimum absolute atomic E-state index is 0.0743.